The fourth-order valence-corrected chi connectivity index (χ4v) is 2.92. The van der Waals surface area contributed by atoms with Gasteiger partial charge in [0.2, 0.25) is 0 Å². The van der Waals surface area contributed by atoms with E-state index >= 15 is 0 Å². The first-order chi connectivity index (χ1) is 7.20. The van der Waals surface area contributed by atoms with Crippen LogP contribution in [-0.2, 0) is 0 Å². The first-order valence-corrected chi connectivity index (χ1v) is 6.20. The molecular weight excluding hydrogens is 208 g/mol. The molecule has 1 unspecified atom stereocenters. The SMILES string of the molecule is Cc1nc(N2CCCC(C)C2)sc1C=O. The maximum atomic E-state index is 10.7. The number of aryl methyl sites for hydroxylation is 1. The summed E-state index contributed by atoms with van der Waals surface area (Å²) in [6.07, 6.45) is 3.45. The molecule has 15 heavy (non-hydrogen) atoms. The van der Waals surface area contributed by atoms with Crippen LogP contribution < -0.4 is 4.90 Å². The summed E-state index contributed by atoms with van der Waals surface area (Å²) in [5, 5.41) is 1.01. The van der Waals surface area contributed by atoms with Crippen molar-refractivity contribution in [3.63, 3.8) is 0 Å². The van der Waals surface area contributed by atoms with Crippen molar-refractivity contribution in [2.75, 3.05) is 18.0 Å². The number of carbonyl (C=O) groups excluding carboxylic acids is 1. The normalized spacial score (nSPS) is 21.7. The van der Waals surface area contributed by atoms with E-state index < -0.39 is 0 Å². The summed E-state index contributed by atoms with van der Waals surface area (Å²) in [4.78, 5) is 18.3. The van der Waals surface area contributed by atoms with Crippen molar-refractivity contribution in [1.29, 1.82) is 0 Å². The van der Waals surface area contributed by atoms with Crippen LogP contribution in [0.15, 0.2) is 0 Å². The molecule has 4 heteroatoms. The number of nitrogens with zero attached hydrogens (tertiary/aromatic N) is 2. The molecule has 1 aliphatic rings. The molecule has 1 aromatic heterocycles. The maximum absolute atomic E-state index is 10.7. The lowest BCUT2D eigenvalue weighted by atomic mass is 10.0. The summed E-state index contributed by atoms with van der Waals surface area (Å²) in [6.45, 7) is 6.32. The lowest BCUT2D eigenvalue weighted by Crippen LogP contribution is -2.34. The van der Waals surface area contributed by atoms with E-state index in [1.165, 1.54) is 24.2 Å². The molecule has 0 spiro atoms. The summed E-state index contributed by atoms with van der Waals surface area (Å²) < 4.78 is 0. The summed E-state index contributed by atoms with van der Waals surface area (Å²) in [5.41, 5.74) is 0.864. The molecule has 0 amide bonds. The monoisotopic (exact) mass is 224 g/mol. The second-order valence-corrected chi connectivity index (χ2v) is 5.27. The van der Waals surface area contributed by atoms with Gasteiger partial charge in [-0.1, -0.05) is 18.3 Å². The fraction of sp³-hybridized carbons (Fsp3) is 0.636. The van der Waals surface area contributed by atoms with Gasteiger partial charge in [-0.05, 0) is 25.7 Å². The van der Waals surface area contributed by atoms with Gasteiger partial charge in [-0.3, -0.25) is 4.79 Å². The van der Waals surface area contributed by atoms with Gasteiger partial charge in [0.15, 0.2) is 11.4 Å². The number of rotatable bonds is 2. The van der Waals surface area contributed by atoms with E-state index in [0.29, 0.717) is 0 Å². The summed E-state index contributed by atoms with van der Waals surface area (Å²) in [6, 6.07) is 0. The van der Waals surface area contributed by atoms with Gasteiger partial charge in [-0.2, -0.15) is 0 Å². The minimum absolute atomic E-state index is 0.739. The summed E-state index contributed by atoms with van der Waals surface area (Å²) in [5.74, 6) is 0.739. The quantitative estimate of drug-likeness (QED) is 0.724. The molecule has 1 aliphatic heterocycles. The lowest BCUT2D eigenvalue weighted by molar-refractivity contribution is 0.112. The molecule has 1 fully saturated rings. The third-order valence-electron chi connectivity index (χ3n) is 2.86. The van der Waals surface area contributed by atoms with Crippen molar-refractivity contribution in [1.82, 2.24) is 4.98 Å². The highest BCUT2D eigenvalue weighted by atomic mass is 32.1. The molecule has 1 aromatic rings. The van der Waals surface area contributed by atoms with E-state index in [1.54, 1.807) is 0 Å². The summed E-state index contributed by atoms with van der Waals surface area (Å²) in [7, 11) is 0. The predicted octanol–water partition coefficient (Wildman–Crippen LogP) is 2.50. The van der Waals surface area contributed by atoms with Crippen molar-refractivity contribution in [2.24, 2.45) is 5.92 Å². The Morgan fingerprint density at radius 1 is 1.60 bits per heavy atom. The Hall–Kier alpha value is -0.900. The second kappa shape index (κ2) is 4.31. The molecule has 0 aromatic carbocycles. The van der Waals surface area contributed by atoms with E-state index in [0.717, 1.165) is 41.0 Å². The highest BCUT2D eigenvalue weighted by molar-refractivity contribution is 7.17. The Morgan fingerprint density at radius 3 is 3.00 bits per heavy atom. The molecule has 2 rings (SSSR count). The van der Waals surface area contributed by atoms with Crippen molar-refractivity contribution in [3.8, 4) is 0 Å². The molecule has 1 atom stereocenters. The van der Waals surface area contributed by atoms with E-state index in [1.807, 2.05) is 6.92 Å². The van der Waals surface area contributed by atoms with E-state index in [-0.39, 0.29) is 0 Å². The molecule has 0 N–H and O–H groups in total. The third kappa shape index (κ3) is 2.20. The second-order valence-electron chi connectivity index (χ2n) is 4.26. The van der Waals surface area contributed by atoms with E-state index in [4.69, 9.17) is 0 Å². The number of aldehydes is 1. The molecule has 2 heterocycles. The van der Waals surface area contributed by atoms with E-state index in [2.05, 4.69) is 16.8 Å². The van der Waals surface area contributed by atoms with Crippen LogP contribution >= 0.6 is 11.3 Å². The predicted molar refractivity (Wildman–Crippen MR) is 62.8 cm³/mol. The Kier molecular flexibility index (Phi) is 3.05. The Labute approximate surface area is 94.1 Å². The topological polar surface area (TPSA) is 33.2 Å². The van der Waals surface area contributed by atoms with Gasteiger partial charge in [0.05, 0.1) is 10.6 Å². The standard InChI is InChI=1S/C11H16N2OS/c1-8-4-3-5-13(6-8)11-12-9(2)10(7-14)15-11/h7-8H,3-6H2,1-2H3. The zero-order valence-corrected chi connectivity index (χ0v) is 10.0. The van der Waals surface area contributed by atoms with Crippen molar-refractivity contribution < 1.29 is 4.79 Å². The molecule has 0 saturated carbocycles. The van der Waals surface area contributed by atoms with Crippen LogP contribution in [-0.4, -0.2) is 24.4 Å². The molecule has 3 nitrogen and oxygen atoms in total. The highest BCUT2D eigenvalue weighted by Gasteiger charge is 2.19. The van der Waals surface area contributed by atoms with Gasteiger partial charge >= 0.3 is 0 Å². The van der Waals surface area contributed by atoms with Crippen LogP contribution in [0.1, 0.15) is 35.1 Å². The van der Waals surface area contributed by atoms with Gasteiger partial charge in [0.25, 0.3) is 0 Å². The van der Waals surface area contributed by atoms with Gasteiger partial charge in [0, 0.05) is 13.1 Å². The van der Waals surface area contributed by atoms with Gasteiger partial charge < -0.3 is 4.90 Å². The zero-order valence-electron chi connectivity index (χ0n) is 9.19. The average molecular weight is 224 g/mol. The third-order valence-corrected chi connectivity index (χ3v) is 4.00. The van der Waals surface area contributed by atoms with Crippen LogP contribution in [0.2, 0.25) is 0 Å². The largest absolute Gasteiger partial charge is 0.348 e. The average Bonchev–Trinajstić information content (AvgIpc) is 2.60. The van der Waals surface area contributed by atoms with Crippen LogP contribution in [0, 0.1) is 12.8 Å². The van der Waals surface area contributed by atoms with Gasteiger partial charge in [-0.25, -0.2) is 4.98 Å². The lowest BCUT2D eigenvalue weighted by Gasteiger charge is -2.30. The number of piperidine rings is 1. The van der Waals surface area contributed by atoms with Crippen LogP contribution in [0.4, 0.5) is 5.13 Å². The molecule has 0 aliphatic carbocycles. The van der Waals surface area contributed by atoms with E-state index in [9.17, 15) is 4.79 Å². The molecule has 0 bridgehead atoms. The zero-order chi connectivity index (χ0) is 10.8. The smallest absolute Gasteiger partial charge is 0.186 e. The molecule has 82 valence electrons. The number of hydrogen-bond acceptors (Lipinski definition) is 4. The van der Waals surface area contributed by atoms with Crippen molar-refractivity contribution >= 4 is 22.8 Å². The van der Waals surface area contributed by atoms with Crippen LogP contribution in [0.3, 0.4) is 0 Å². The van der Waals surface area contributed by atoms with Crippen LogP contribution in [0.25, 0.3) is 0 Å². The van der Waals surface area contributed by atoms with Crippen LogP contribution in [0.5, 0.6) is 0 Å². The number of thiazole rings is 1. The first kappa shape index (κ1) is 10.6. The van der Waals surface area contributed by atoms with Crippen molar-refractivity contribution in [3.05, 3.63) is 10.6 Å². The molecule has 1 saturated heterocycles. The number of aromatic nitrogens is 1. The number of hydrogen-bond donors (Lipinski definition) is 0. The fourth-order valence-electron chi connectivity index (χ4n) is 2.00. The Balaban J connectivity index is 2.17. The number of anilines is 1. The first-order valence-electron chi connectivity index (χ1n) is 5.38. The molecule has 0 radical (unpaired) electrons. The Bertz CT molecular complexity index is 361. The maximum Gasteiger partial charge on any atom is 0.186 e. The summed E-state index contributed by atoms with van der Waals surface area (Å²) >= 11 is 1.51. The highest BCUT2D eigenvalue weighted by Crippen LogP contribution is 2.28. The minimum Gasteiger partial charge on any atom is -0.348 e. The number of carbonyl (C=O) groups is 1. The van der Waals surface area contributed by atoms with Gasteiger partial charge in [-0.15, -0.1) is 0 Å². The molecular formula is C11H16N2OS. The Morgan fingerprint density at radius 2 is 2.40 bits per heavy atom. The van der Waals surface area contributed by atoms with Gasteiger partial charge in [0.1, 0.15) is 0 Å². The minimum atomic E-state index is 0.739. The van der Waals surface area contributed by atoms with Crippen molar-refractivity contribution in [2.45, 2.75) is 26.7 Å².